The third-order valence-corrected chi connectivity index (χ3v) is 6.22. The number of amides is 1. The van der Waals surface area contributed by atoms with Gasteiger partial charge in [0.15, 0.2) is 0 Å². The summed E-state index contributed by atoms with van der Waals surface area (Å²) in [5, 5.41) is 11.1. The Hall–Kier alpha value is -2.98. The Balaban J connectivity index is 1.81. The van der Waals surface area contributed by atoms with E-state index in [1.165, 1.54) is 31.2 Å². The smallest absolute Gasteiger partial charge is 0.273 e. The van der Waals surface area contributed by atoms with Crippen molar-refractivity contribution >= 4 is 27.3 Å². The van der Waals surface area contributed by atoms with Gasteiger partial charge in [0.25, 0.3) is 21.6 Å². The molecule has 0 aliphatic carbocycles. The van der Waals surface area contributed by atoms with E-state index in [-0.39, 0.29) is 22.2 Å². The van der Waals surface area contributed by atoms with Gasteiger partial charge in [-0.2, -0.15) is 0 Å². The quantitative estimate of drug-likeness (QED) is 0.588. The average Bonchev–Trinajstić information content (AvgIpc) is 2.68. The molecule has 3 rings (SSSR count). The van der Waals surface area contributed by atoms with Crippen LogP contribution in [0.3, 0.4) is 0 Å². The van der Waals surface area contributed by atoms with Gasteiger partial charge in [0.1, 0.15) is 0 Å². The highest BCUT2D eigenvalue weighted by atomic mass is 32.2. The fourth-order valence-electron chi connectivity index (χ4n) is 3.07. The number of hydrogen-bond acceptors (Lipinski definition) is 6. The molecule has 2 aromatic carbocycles. The summed E-state index contributed by atoms with van der Waals surface area (Å²) in [6.45, 7) is 4.32. The van der Waals surface area contributed by atoms with E-state index >= 15 is 0 Å². The minimum atomic E-state index is -4.05. The van der Waals surface area contributed by atoms with Crippen molar-refractivity contribution in [2.45, 2.75) is 11.8 Å². The molecule has 0 saturated carbocycles. The van der Waals surface area contributed by atoms with Crippen LogP contribution >= 0.6 is 0 Å². The predicted octanol–water partition coefficient (Wildman–Crippen LogP) is 2.09. The number of benzene rings is 2. The number of carbonyl (C=O) groups is 1. The van der Waals surface area contributed by atoms with E-state index in [0.29, 0.717) is 24.2 Å². The molecule has 0 bridgehead atoms. The van der Waals surface area contributed by atoms with Crippen LogP contribution in [0.4, 0.5) is 11.4 Å². The zero-order valence-corrected chi connectivity index (χ0v) is 17.0. The molecule has 10 heteroatoms. The zero-order valence-electron chi connectivity index (χ0n) is 16.2. The fraction of sp³-hybridized carbons (Fsp3) is 0.316. The van der Waals surface area contributed by atoms with Crippen LogP contribution < -0.4 is 4.72 Å². The number of carbonyl (C=O) groups excluding carboxylic acids is 1. The van der Waals surface area contributed by atoms with Gasteiger partial charge in [-0.25, -0.2) is 8.42 Å². The molecular formula is C19H22N4O5S. The number of piperazine rings is 1. The van der Waals surface area contributed by atoms with E-state index in [9.17, 15) is 23.3 Å². The Labute approximate surface area is 169 Å². The van der Waals surface area contributed by atoms with Crippen molar-refractivity contribution in [3.8, 4) is 0 Å². The minimum absolute atomic E-state index is 0.162. The Morgan fingerprint density at radius 3 is 2.45 bits per heavy atom. The lowest BCUT2D eigenvalue weighted by Gasteiger charge is -2.32. The van der Waals surface area contributed by atoms with Crippen LogP contribution in [0, 0.1) is 17.0 Å². The van der Waals surface area contributed by atoms with Gasteiger partial charge < -0.3 is 9.80 Å². The van der Waals surface area contributed by atoms with Gasteiger partial charge in [-0.15, -0.1) is 0 Å². The molecule has 0 spiro atoms. The number of nitro groups is 1. The van der Waals surface area contributed by atoms with Gasteiger partial charge in [-0.3, -0.25) is 19.6 Å². The molecule has 1 aliphatic heterocycles. The molecule has 2 aromatic rings. The van der Waals surface area contributed by atoms with Crippen LogP contribution in [0.1, 0.15) is 15.9 Å². The Morgan fingerprint density at radius 1 is 1.10 bits per heavy atom. The maximum Gasteiger partial charge on any atom is 0.273 e. The lowest BCUT2D eigenvalue weighted by molar-refractivity contribution is -0.385. The van der Waals surface area contributed by atoms with Crippen LogP contribution in [-0.4, -0.2) is 62.3 Å². The largest absolute Gasteiger partial charge is 0.336 e. The number of aryl methyl sites for hydroxylation is 1. The van der Waals surface area contributed by atoms with Crippen LogP contribution in [-0.2, 0) is 10.0 Å². The summed E-state index contributed by atoms with van der Waals surface area (Å²) in [6, 6.07) is 9.95. The van der Waals surface area contributed by atoms with E-state index in [4.69, 9.17) is 0 Å². The van der Waals surface area contributed by atoms with Gasteiger partial charge >= 0.3 is 0 Å². The number of nitrogens with one attached hydrogen (secondary N) is 1. The van der Waals surface area contributed by atoms with Crippen LogP contribution in [0.25, 0.3) is 0 Å². The van der Waals surface area contributed by atoms with Gasteiger partial charge in [-0.05, 0) is 38.2 Å². The molecule has 1 saturated heterocycles. The predicted molar refractivity (Wildman–Crippen MR) is 108 cm³/mol. The number of anilines is 1. The SMILES string of the molecule is Cc1ccc(S(=O)(=O)Nc2cccc(C(=O)N3CCN(C)CC3)c2)cc1[N+](=O)[O-]. The third-order valence-electron chi connectivity index (χ3n) is 4.84. The number of nitrogens with zero attached hydrogens (tertiary/aromatic N) is 3. The van der Waals surface area contributed by atoms with Crippen molar-refractivity contribution < 1.29 is 18.1 Å². The van der Waals surface area contributed by atoms with Gasteiger partial charge in [-0.1, -0.05) is 12.1 Å². The summed E-state index contributed by atoms with van der Waals surface area (Å²) in [6.07, 6.45) is 0. The first-order valence-electron chi connectivity index (χ1n) is 9.03. The Kier molecular flexibility index (Phi) is 5.85. The molecule has 1 N–H and O–H groups in total. The summed E-state index contributed by atoms with van der Waals surface area (Å²) in [5.41, 5.74) is 0.693. The summed E-state index contributed by atoms with van der Waals surface area (Å²) in [7, 11) is -2.05. The van der Waals surface area contributed by atoms with E-state index in [1.54, 1.807) is 17.0 Å². The Bertz CT molecular complexity index is 1050. The minimum Gasteiger partial charge on any atom is -0.336 e. The lowest BCUT2D eigenvalue weighted by atomic mass is 10.1. The molecule has 0 atom stereocenters. The second-order valence-corrected chi connectivity index (χ2v) is 8.67. The van der Waals surface area contributed by atoms with E-state index in [1.807, 2.05) is 7.05 Å². The van der Waals surface area contributed by atoms with Crippen LogP contribution in [0.15, 0.2) is 47.4 Å². The monoisotopic (exact) mass is 418 g/mol. The first-order valence-corrected chi connectivity index (χ1v) is 10.5. The number of likely N-dealkylation sites (N-methyl/N-ethyl adjacent to an activating group) is 1. The fourth-order valence-corrected chi connectivity index (χ4v) is 4.14. The normalized spacial score (nSPS) is 15.2. The number of rotatable bonds is 5. The molecule has 0 unspecified atom stereocenters. The second kappa shape index (κ2) is 8.18. The van der Waals surface area contributed by atoms with Crippen molar-refractivity contribution in [2.75, 3.05) is 37.9 Å². The summed E-state index contributed by atoms with van der Waals surface area (Å²) < 4.78 is 27.7. The Morgan fingerprint density at radius 2 is 1.79 bits per heavy atom. The van der Waals surface area contributed by atoms with Crippen molar-refractivity contribution in [2.24, 2.45) is 0 Å². The van der Waals surface area contributed by atoms with E-state index < -0.39 is 14.9 Å². The van der Waals surface area contributed by atoms with E-state index in [2.05, 4.69) is 9.62 Å². The highest BCUT2D eigenvalue weighted by Gasteiger charge is 2.22. The summed E-state index contributed by atoms with van der Waals surface area (Å²) >= 11 is 0. The number of hydrogen-bond donors (Lipinski definition) is 1. The molecule has 1 amide bonds. The van der Waals surface area contributed by atoms with Crippen molar-refractivity contribution in [3.05, 3.63) is 63.7 Å². The van der Waals surface area contributed by atoms with Gasteiger partial charge in [0, 0.05) is 49.1 Å². The molecule has 154 valence electrons. The molecule has 29 heavy (non-hydrogen) atoms. The van der Waals surface area contributed by atoms with Crippen molar-refractivity contribution in [3.63, 3.8) is 0 Å². The molecule has 0 radical (unpaired) electrons. The van der Waals surface area contributed by atoms with Gasteiger partial charge in [0.2, 0.25) is 0 Å². The first kappa shape index (κ1) is 20.7. The lowest BCUT2D eigenvalue weighted by Crippen LogP contribution is -2.47. The third kappa shape index (κ3) is 4.72. The highest BCUT2D eigenvalue weighted by molar-refractivity contribution is 7.92. The van der Waals surface area contributed by atoms with Crippen LogP contribution in [0.5, 0.6) is 0 Å². The first-order chi connectivity index (χ1) is 13.7. The summed E-state index contributed by atoms with van der Waals surface area (Å²) in [5.74, 6) is -0.162. The van der Waals surface area contributed by atoms with Crippen molar-refractivity contribution in [1.29, 1.82) is 0 Å². The highest BCUT2D eigenvalue weighted by Crippen LogP contribution is 2.24. The molecule has 1 aliphatic rings. The van der Waals surface area contributed by atoms with Crippen molar-refractivity contribution in [1.82, 2.24) is 9.80 Å². The molecular weight excluding hydrogens is 396 g/mol. The molecule has 9 nitrogen and oxygen atoms in total. The standard InChI is InChI=1S/C19H22N4O5S/c1-14-6-7-17(13-18(14)23(25)26)29(27,28)20-16-5-3-4-15(12-16)19(24)22-10-8-21(2)9-11-22/h3-7,12-13,20H,8-11H2,1-2H3. The summed E-state index contributed by atoms with van der Waals surface area (Å²) in [4.78, 5) is 26.8. The maximum absolute atomic E-state index is 12.7. The van der Waals surface area contributed by atoms with E-state index in [0.717, 1.165) is 19.2 Å². The number of sulfonamides is 1. The molecule has 1 heterocycles. The second-order valence-electron chi connectivity index (χ2n) is 6.99. The zero-order chi connectivity index (χ0) is 21.2. The number of nitro benzene ring substituents is 1. The average molecular weight is 418 g/mol. The molecule has 1 fully saturated rings. The maximum atomic E-state index is 12.7. The van der Waals surface area contributed by atoms with Crippen LogP contribution in [0.2, 0.25) is 0 Å². The topological polar surface area (TPSA) is 113 Å². The van der Waals surface area contributed by atoms with Gasteiger partial charge in [0.05, 0.1) is 9.82 Å². The molecule has 0 aromatic heterocycles.